The maximum absolute atomic E-state index is 11.3. The molecule has 1 atom stereocenters. The van der Waals surface area contributed by atoms with Crippen LogP contribution in [0.4, 0.5) is 0 Å². The van der Waals surface area contributed by atoms with Crippen LogP contribution < -0.4 is 10.6 Å². The number of H-pyrrole nitrogens is 1. The van der Waals surface area contributed by atoms with E-state index in [9.17, 15) is 4.79 Å². The molecule has 0 radical (unpaired) electrons. The summed E-state index contributed by atoms with van der Waals surface area (Å²) in [6, 6.07) is -0.215. The molecule has 1 aromatic rings. The molecule has 72 valence electrons. The van der Waals surface area contributed by atoms with E-state index in [2.05, 4.69) is 20.6 Å². The van der Waals surface area contributed by atoms with Crippen molar-refractivity contribution >= 4 is 5.91 Å². The van der Waals surface area contributed by atoms with E-state index in [1.54, 1.807) is 26.6 Å². The highest BCUT2D eigenvalue weighted by Crippen LogP contribution is 1.97. The van der Waals surface area contributed by atoms with E-state index < -0.39 is 0 Å². The van der Waals surface area contributed by atoms with E-state index in [0.717, 1.165) is 5.69 Å². The lowest BCUT2D eigenvalue weighted by molar-refractivity contribution is -0.122. The Balaban J connectivity index is 2.54. The molecule has 1 heterocycles. The molecule has 13 heavy (non-hydrogen) atoms. The lowest BCUT2D eigenvalue weighted by Gasteiger charge is -2.12. The first kappa shape index (κ1) is 9.73. The number of nitrogens with one attached hydrogen (secondary N) is 3. The molecule has 0 spiro atoms. The molecular weight excluding hydrogens is 168 g/mol. The zero-order chi connectivity index (χ0) is 9.68. The Morgan fingerprint density at radius 3 is 2.92 bits per heavy atom. The third kappa shape index (κ3) is 2.55. The number of imidazole rings is 1. The summed E-state index contributed by atoms with van der Waals surface area (Å²) in [5.74, 6) is -0.0227. The van der Waals surface area contributed by atoms with Gasteiger partial charge in [0.25, 0.3) is 0 Å². The van der Waals surface area contributed by atoms with E-state index in [-0.39, 0.29) is 11.9 Å². The number of aromatic nitrogens is 2. The number of carbonyl (C=O) groups is 1. The Bertz CT molecular complexity index is 257. The lowest BCUT2D eigenvalue weighted by atomic mass is 10.1. The van der Waals surface area contributed by atoms with E-state index in [4.69, 9.17) is 0 Å². The molecule has 0 fully saturated rings. The van der Waals surface area contributed by atoms with Crippen molar-refractivity contribution in [2.24, 2.45) is 0 Å². The Kier molecular flexibility index (Phi) is 3.45. The molecule has 0 unspecified atom stereocenters. The summed E-state index contributed by atoms with van der Waals surface area (Å²) in [5, 5.41) is 5.51. The van der Waals surface area contributed by atoms with Crippen molar-refractivity contribution in [2.45, 2.75) is 12.5 Å². The minimum atomic E-state index is -0.215. The second-order valence-corrected chi connectivity index (χ2v) is 2.72. The standard InChI is InChI=1S/C8H14N4O/c1-9-7(8(13)10-2)3-6-4-11-5-12-6/h4-5,7,9H,3H2,1-2H3,(H,10,13)(H,11,12)/t7-/m0/s1. The summed E-state index contributed by atoms with van der Waals surface area (Å²) in [5.41, 5.74) is 0.878. The summed E-state index contributed by atoms with van der Waals surface area (Å²) < 4.78 is 0. The van der Waals surface area contributed by atoms with Gasteiger partial charge in [-0.05, 0) is 7.05 Å². The quantitative estimate of drug-likeness (QED) is 0.576. The summed E-state index contributed by atoms with van der Waals surface area (Å²) in [6.45, 7) is 0. The van der Waals surface area contributed by atoms with Crippen molar-refractivity contribution in [1.29, 1.82) is 0 Å². The van der Waals surface area contributed by atoms with Gasteiger partial charge in [0.2, 0.25) is 5.91 Å². The lowest BCUT2D eigenvalue weighted by Crippen LogP contribution is -2.42. The zero-order valence-corrected chi connectivity index (χ0v) is 7.79. The van der Waals surface area contributed by atoms with Gasteiger partial charge in [-0.3, -0.25) is 4.79 Å². The predicted molar refractivity (Wildman–Crippen MR) is 49.2 cm³/mol. The van der Waals surface area contributed by atoms with Crippen molar-refractivity contribution in [1.82, 2.24) is 20.6 Å². The molecule has 0 saturated heterocycles. The van der Waals surface area contributed by atoms with Crippen LogP contribution in [0.2, 0.25) is 0 Å². The summed E-state index contributed by atoms with van der Waals surface area (Å²) in [6.07, 6.45) is 3.98. The minimum absolute atomic E-state index is 0.0227. The molecule has 1 rings (SSSR count). The predicted octanol–water partition coefficient (Wildman–Crippen LogP) is -0.714. The molecule has 0 aliphatic heterocycles. The van der Waals surface area contributed by atoms with Gasteiger partial charge in [-0.1, -0.05) is 0 Å². The molecular formula is C8H14N4O. The number of hydrogen-bond acceptors (Lipinski definition) is 3. The fraction of sp³-hybridized carbons (Fsp3) is 0.500. The topological polar surface area (TPSA) is 69.8 Å². The number of rotatable bonds is 4. The van der Waals surface area contributed by atoms with Crippen molar-refractivity contribution in [3.05, 3.63) is 18.2 Å². The first-order valence-corrected chi connectivity index (χ1v) is 4.14. The van der Waals surface area contributed by atoms with Crippen LogP contribution in [0.25, 0.3) is 0 Å². The first-order chi connectivity index (χ1) is 6.27. The van der Waals surface area contributed by atoms with E-state index in [1.165, 1.54) is 0 Å². The highest BCUT2D eigenvalue weighted by molar-refractivity contribution is 5.81. The Morgan fingerprint density at radius 1 is 1.69 bits per heavy atom. The van der Waals surface area contributed by atoms with Crippen LogP contribution in [0.3, 0.4) is 0 Å². The van der Waals surface area contributed by atoms with Gasteiger partial charge in [-0.15, -0.1) is 0 Å². The number of amides is 1. The second-order valence-electron chi connectivity index (χ2n) is 2.72. The van der Waals surface area contributed by atoms with Crippen LogP contribution in [-0.4, -0.2) is 36.0 Å². The summed E-state index contributed by atoms with van der Waals surface area (Å²) in [4.78, 5) is 18.1. The molecule has 0 aliphatic rings. The molecule has 0 aliphatic carbocycles. The largest absolute Gasteiger partial charge is 0.358 e. The van der Waals surface area contributed by atoms with Crippen LogP contribution in [-0.2, 0) is 11.2 Å². The molecule has 5 nitrogen and oxygen atoms in total. The molecule has 0 aromatic carbocycles. The molecule has 0 bridgehead atoms. The first-order valence-electron chi connectivity index (χ1n) is 4.14. The Morgan fingerprint density at radius 2 is 2.46 bits per heavy atom. The maximum Gasteiger partial charge on any atom is 0.237 e. The third-order valence-corrected chi connectivity index (χ3v) is 1.88. The smallest absolute Gasteiger partial charge is 0.237 e. The molecule has 3 N–H and O–H groups in total. The van der Waals surface area contributed by atoms with Gasteiger partial charge in [-0.2, -0.15) is 0 Å². The van der Waals surface area contributed by atoms with Crippen LogP contribution in [0, 0.1) is 0 Å². The number of aromatic amines is 1. The fourth-order valence-corrected chi connectivity index (χ4v) is 1.11. The monoisotopic (exact) mass is 182 g/mol. The number of nitrogens with zero attached hydrogens (tertiary/aromatic N) is 1. The van der Waals surface area contributed by atoms with Gasteiger partial charge < -0.3 is 15.6 Å². The van der Waals surface area contributed by atoms with Crippen LogP contribution >= 0.6 is 0 Å². The highest BCUT2D eigenvalue weighted by Gasteiger charge is 2.15. The number of hydrogen-bond donors (Lipinski definition) is 3. The number of carbonyl (C=O) groups excluding carboxylic acids is 1. The third-order valence-electron chi connectivity index (χ3n) is 1.88. The normalized spacial score (nSPS) is 12.5. The van der Waals surface area contributed by atoms with Crippen molar-refractivity contribution in [3.8, 4) is 0 Å². The van der Waals surface area contributed by atoms with Crippen LogP contribution in [0.15, 0.2) is 12.5 Å². The zero-order valence-electron chi connectivity index (χ0n) is 7.79. The number of likely N-dealkylation sites (N-methyl/N-ethyl adjacent to an activating group) is 2. The van der Waals surface area contributed by atoms with Crippen LogP contribution in [0.1, 0.15) is 5.69 Å². The van der Waals surface area contributed by atoms with E-state index in [1.807, 2.05) is 0 Å². The average Bonchev–Trinajstić information content (AvgIpc) is 2.65. The summed E-state index contributed by atoms with van der Waals surface area (Å²) >= 11 is 0. The minimum Gasteiger partial charge on any atom is -0.358 e. The Hall–Kier alpha value is -1.36. The van der Waals surface area contributed by atoms with Gasteiger partial charge in [0.05, 0.1) is 18.1 Å². The van der Waals surface area contributed by atoms with E-state index >= 15 is 0 Å². The molecule has 5 heteroatoms. The van der Waals surface area contributed by atoms with Crippen molar-refractivity contribution in [3.63, 3.8) is 0 Å². The molecule has 1 amide bonds. The highest BCUT2D eigenvalue weighted by atomic mass is 16.2. The van der Waals surface area contributed by atoms with Crippen molar-refractivity contribution in [2.75, 3.05) is 14.1 Å². The van der Waals surface area contributed by atoms with Gasteiger partial charge in [0, 0.05) is 19.7 Å². The Labute approximate surface area is 76.9 Å². The maximum atomic E-state index is 11.3. The van der Waals surface area contributed by atoms with Gasteiger partial charge >= 0.3 is 0 Å². The van der Waals surface area contributed by atoms with E-state index in [0.29, 0.717) is 6.42 Å². The SMILES string of the molecule is CNC(=O)[C@H](Cc1c[nH]cn1)NC. The fourth-order valence-electron chi connectivity index (χ4n) is 1.11. The average molecular weight is 182 g/mol. The van der Waals surface area contributed by atoms with Gasteiger partial charge in [0.15, 0.2) is 0 Å². The summed E-state index contributed by atoms with van der Waals surface area (Å²) in [7, 11) is 3.38. The van der Waals surface area contributed by atoms with Crippen molar-refractivity contribution < 1.29 is 4.79 Å². The van der Waals surface area contributed by atoms with Crippen LogP contribution in [0.5, 0.6) is 0 Å². The van der Waals surface area contributed by atoms with Gasteiger partial charge in [0.1, 0.15) is 0 Å². The second kappa shape index (κ2) is 4.61. The molecule has 0 saturated carbocycles. The molecule has 1 aromatic heterocycles. The van der Waals surface area contributed by atoms with Gasteiger partial charge in [-0.25, -0.2) is 4.98 Å².